The van der Waals surface area contributed by atoms with Crippen molar-refractivity contribution in [1.29, 1.82) is 0 Å². The van der Waals surface area contributed by atoms with Crippen LogP contribution in [0.15, 0.2) is 18.2 Å². The van der Waals surface area contributed by atoms with E-state index in [9.17, 15) is 15.3 Å². The van der Waals surface area contributed by atoms with Crippen LogP contribution in [0.1, 0.15) is 69.4 Å². The Hall–Kier alpha value is -1.10. The van der Waals surface area contributed by atoms with Gasteiger partial charge in [-0.1, -0.05) is 32.3 Å². The fourth-order valence-corrected chi connectivity index (χ4v) is 3.87. The lowest BCUT2D eigenvalue weighted by Crippen LogP contribution is -2.36. The molecule has 2 rings (SSSR count). The van der Waals surface area contributed by atoms with E-state index in [1.807, 2.05) is 12.1 Å². The Kier molecular flexibility index (Phi) is 8.73. The van der Waals surface area contributed by atoms with Gasteiger partial charge in [0.15, 0.2) is 0 Å². The lowest BCUT2D eigenvalue weighted by atomic mass is 9.96. The van der Waals surface area contributed by atoms with Crippen LogP contribution in [-0.2, 0) is 13.0 Å². The van der Waals surface area contributed by atoms with Crippen LogP contribution < -0.4 is 0 Å². The molecule has 1 aromatic carbocycles. The Bertz CT molecular complexity index is 500. The third kappa shape index (κ3) is 6.61. The van der Waals surface area contributed by atoms with Crippen molar-refractivity contribution in [1.82, 2.24) is 4.90 Å². The quantitative estimate of drug-likeness (QED) is 0.534. The first kappa shape index (κ1) is 20.2. The van der Waals surface area contributed by atoms with Gasteiger partial charge in [0.05, 0.1) is 12.7 Å². The largest absolute Gasteiger partial charge is 0.508 e. The zero-order valence-electron chi connectivity index (χ0n) is 15.7. The van der Waals surface area contributed by atoms with Crippen molar-refractivity contribution < 1.29 is 15.3 Å². The van der Waals surface area contributed by atoms with Crippen LogP contribution in [0.5, 0.6) is 5.75 Å². The molecular weight excluding hydrogens is 314 g/mol. The predicted molar refractivity (Wildman–Crippen MR) is 102 cm³/mol. The first-order valence-corrected chi connectivity index (χ1v) is 9.97. The second-order valence-electron chi connectivity index (χ2n) is 7.44. The van der Waals surface area contributed by atoms with E-state index >= 15 is 0 Å². The molecule has 1 fully saturated rings. The number of aryl methyl sites for hydroxylation is 1. The third-order valence-electron chi connectivity index (χ3n) is 5.42. The van der Waals surface area contributed by atoms with E-state index < -0.39 is 0 Å². The molecule has 3 N–H and O–H groups in total. The molecule has 1 aromatic rings. The summed E-state index contributed by atoms with van der Waals surface area (Å²) in [7, 11) is 0. The fourth-order valence-electron chi connectivity index (χ4n) is 3.87. The summed E-state index contributed by atoms with van der Waals surface area (Å²) in [6.45, 7) is 4.34. The van der Waals surface area contributed by atoms with Crippen LogP contribution in [0.4, 0.5) is 0 Å². The van der Waals surface area contributed by atoms with Crippen molar-refractivity contribution in [2.24, 2.45) is 0 Å². The van der Waals surface area contributed by atoms with Crippen LogP contribution in [0.3, 0.4) is 0 Å². The molecule has 4 nitrogen and oxygen atoms in total. The average molecular weight is 350 g/mol. The summed E-state index contributed by atoms with van der Waals surface area (Å²) >= 11 is 0. The first-order chi connectivity index (χ1) is 12.1. The minimum atomic E-state index is -0.204. The maximum Gasteiger partial charge on any atom is 0.121 e. The molecule has 142 valence electrons. The third-order valence-corrected chi connectivity index (χ3v) is 5.42. The van der Waals surface area contributed by atoms with Gasteiger partial charge in [0.2, 0.25) is 0 Å². The molecule has 1 aliphatic rings. The van der Waals surface area contributed by atoms with Crippen molar-refractivity contribution in [3.05, 3.63) is 29.3 Å². The molecule has 2 atom stereocenters. The number of aliphatic hydroxyl groups excluding tert-OH is 2. The SMILES string of the molecule is CCCCCC(O)CC(CCc1ccc(O)c(CO)c1)N1CCCC1. The molecule has 1 heterocycles. The van der Waals surface area contributed by atoms with Gasteiger partial charge in [-0.3, -0.25) is 0 Å². The van der Waals surface area contributed by atoms with E-state index in [1.54, 1.807) is 6.07 Å². The number of phenols is 1. The second kappa shape index (κ2) is 10.8. The number of unbranched alkanes of at least 4 members (excludes halogenated alkanes) is 2. The number of aliphatic hydroxyl groups is 2. The summed E-state index contributed by atoms with van der Waals surface area (Å²) < 4.78 is 0. The molecule has 4 heteroatoms. The minimum absolute atomic E-state index is 0.134. The Balaban J connectivity index is 1.91. The smallest absolute Gasteiger partial charge is 0.121 e. The zero-order valence-corrected chi connectivity index (χ0v) is 15.7. The Labute approximate surface area is 152 Å². The summed E-state index contributed by atoms with van der Waals surface area (Å²) in [6.07, 6.45) is 9.51. The summed E-state index contributed by atoms with van der Waals surface area (Å²) in [6, 6.07) is 5.93. The van der Waals surface area contributed by atoms with Crippen molar-refractivity contribution in [3.8, 4) is 5.75 Å². The normalized spacial score (nSPS) is 17.7. The molecule has 0 radical (unpaired) electrons. The lowest BCUT2D eigenvalue weighted by molar-refractivity contribution is 0.100. The van der Waals surface area contributed by atoms with E-state index in [0.29, 0.717) is 11.6 Å². The van der Waals surface area contributed by atoms with Crippen LogP contribution in [-0.4, -0.2) is 45.5 Å². The van der Waals surface area contributed by atoms with E-state index in [2.05, 4.69) is 11.8 Å². The predicted octanol–water partition coefficient (Wildman–Crippen LogP) is 3.61. The minimum Gasteiger partial charge on any atom is -0.508 e. The summed E-state index contributed by atoms with van der Waals surface area (Å²) in [4.78, 5) is 2.54. The van der Waals surface area contributed by atoms with Crippen LogP contribution in [0.2, 0.25) is 0 Å². The molecule has 2 unspecified atom stereocenters. The van der Waals surface area contributed by atoms with Gasteiger partial charge in [-0.25, -0.2) is 0 Å². The molecule has 0 aliphatic carbocycles. The molecular formula is C21H35NO3. The molecule has 0 bridgehead atoms. The van der Waals surface area contributed by atoms with Gasteiger partial charge < -0.3 is 20.2 Å². The number of likely N-dealkylation sites (tertiary alicyclic amines) is 1. The number of hydrogen-bond acceptors (Lipinski definition) is 4. The highest BCUT2D eigenvalue weighted by molar-refractivity contribution is 5.35. The highest BCUT2D eigenvalue weighted by Crippen LogP contribution is 2.24. The van der Waals surface area contributed by atoms with Gasteiger partial charge in [-0.05, 0) is 69.3 Å². The molecule has 0 spiro atoms. The maximum atomic E-state index is 10.4. The lowest BCUT2D eigenvalue weighted by Gasteiger charge is -2.29. The van der Waals surface area contributed by atoms with Gasteiger partial charge in [0.1, 0.15) is 5.75 Å². The summed E-state index contributed by atoms with van der Waals surface area (Å²) in [5.74, 6) is 0.161. The summed E-state index contributed by atoms with van der Waals surface area (Å²) in [5, 5.41) is 29.4. The number of benzene rings is 1. The van der Waals surface area contributed by atoms with Gasteiger partial charge in [-0.15, -0.1) is 0 Å². The molecule has 1 aliphatic heterocycles. The standard InChI is InChI=1S/C21H35NO3/c1-2-3-4-7-20(24)15-19(22-12-5-6-13-22)10-8-17-9-11-21(25)18(14-17)16-23/h9,11,14,19-20,23-25H,2-8,10,12-13,15-16H2,1H3. The van der Waals surface area contributed by atoms with Gasteiger partial charge in [0, 0.05) is 11.6 Å². The fraction of sp³-hybridized carbons (Fsp3) is 0.714. The highest BCUT2D eigenvalue weighted by atomic mass is 16.3. The topological polar surface area (TPSA) is 63.9 Å². The van der Waals surface area contributed by atoms with Gasteiger partial charge >= 0.3 is 0 Å². The first-order valence-electron chi connectivity index (χ1n) is 9.97. The van der Waals surface area contributed by atoms with E-state index in [0.717, 1.165) is 50.8 Å². The molecule has 0 amide bonds. The van der Waals surface area contributed by atoms with E-state index in [-0.39, 0.29) is 18.5 Å². The monoisotopic (exact) mass is 349 g/mol. The number of rotatable bonds is 11. The Morgan fingerprint density at radius 1 is 1.12 bits per heavy atom. The van der Waals surface area contributed by atoms with E-state index in [4.69, 9.17) is 0 Å². The van der Waals surface area contributed by atoms with Gasteiger partial charge in [-0.2, -0.15) is 0 Å². The van der Waals surface area contributed by atoms with Gasteiger partial charge in [0.25, 0.3) is 0 Å². The molecule has 1 saturated heterocycles. The molecule has 0 aromatic heterocycles. The zero-order chi connectivity index (χ0) is 18.1. The number of hydrogen-bond donors (Lipinski definition) is 3. The second-order valence-corrected chi connectivity index (χ2v) is 7.44. The van der Waals surface area contributed by atoms with Crippen molar-refractivity contribution in [2.45, 2.75) is 83.5 Å². The van der Waals surface area contributed by atoms with Crippen molar-refractivity contribution >= 4 is 0 Å². The number of aromatic hydroxyl groups is 1. The van der Waals surface area contributed by atoms with E-state index in [1.165, 1.54) is 25.7 Å². The maximum absolute atomic E-state index is 10.4. The molecule has 0 saturated carbocycles. The number of nitrogens with zero attached hydrogens (tertiary/aromatic N) is 1. The van der Waals surface area contributed by atoms with Crippen LogP contribution in [0, 0.1) is 0 Å². The van der Waals surface area contributed by atoms with Crippen LogP contribution >= 0.6 is 0 Å². The Morgan fingerprint density at radius 3 is 2.56 bits per heavy atom. The van der Waals surface area contributed by atoms with Crippen molar-refractivity contribution in [3.63, 3.8) is 0 Å². The van der Waals surface area contributed by atoms with Crippen LogP contribution in [0.25, 0.3) is 0 Å². The van der Waals surface area contributed by atoms with Crippen molar-refractivity contribution in [2.75, 3.05) is 13.1 Å². The Morgan fingerprint density at radius 2 is 1.88 bits per heavy atom. The summed E-state index contributed by atoms with van der Waals surface area (Å²) in [5.41, 5.74) is 1.74. The highest BCUT2D eigenvalue weighted by Gasteiger charge is 2.24. The average Bonchev–Trinajstić information content (AvgIpc) is 3.14. The molecule has 25 heavy (non-hydrogen) atoms.